The van der Waals surface area contributed by atoms with E-state index in [1.807, 2.05) is 0 Å². The second-order valence-corrected chi connectivity index (χ2v) is 8.21. The monoisotopic (exact) mass is 345 g/mol. The van der Waals surface area contributed by atoms with Crippen molar-refractivity contribution in [3.05, 3.63) is 29.8 Å². The molecular formula is C15H17F2NO4S. The van der Waals surface area contributed by atoms with Gasteiger partial charge in [-0.1, -0.05) is 12.1 Å². The highest BCUT2D eigenvalue weighted by atomic mass is 32.2. The number of aliphatic carboxylic acids is 1. The number of nitrogens with zero attached hydrogens (tertiary/aromatic N) is 1. The Bertz CT molecular complexity index is 747. The van der Waals surface area contributed by atoms with E-state index in [9.17, 15) is 27.1 Å². The largest absolute Gasteiger partial charge is 0.480 e. The van der Waals surface area contributed by atoms with Gasteiger partial charge in [-0.05, 0) is 37.5 Å². The summed E-state index contributed by atoms with van der Waals surface area (Å²) in [6.07, 6.45) is 0.491. The lowest BCUT2D eigenvalue weighted by atomic mass is 10.0. The van der Waals surface area contributed by atoms with Gasteiger partial charge >= 0.3 is 5.97 Å². The minimum Gasteiger partial charge on any atom is -0.480 e. The normalized spacial score (nSPS) is 30.3. The van der Waals surface area contributed by atoms with Crippen LogP contribution in [-0.2, 0) is 14.8 Å². The first kappa shape index (κ1) is 16.3. The van der Waals surface area contributed by atoms with Gasteiger partial charge in [0.25, 0.3) is 5.92 Å². The van der Waals surface area contributed by atoms with Crippen molar-refractivity contribution >= 4 is 16.0 Å². The van der Waals surface area contributed by atoms with Gasteiger partial charge in [-0.2, -0.15) is 4.31 Å². The van der Waals surface area contributed by atoms with Crippen LogP contribution in [0.3, 0.4) is 0 Å². The van der Waals surface area contributed by atoms with Gasteiger partial charge in [0.05, 0.1) is 10.8 Å². The number of sulfonamides is 1. The molecule has 1 N–H and O–H groups in total. The van der Waals surface area contributed by atoms with Crippen LogP contribution in [0.1, 0.15) is 37.7 Å². The number of carboxylic acids is 1. The van der Waals surface area contributed by atoms with Crippen molar-refractivity contribution in [3.63, 3.8) is 0 Å². The topological polar surface area (TPSA) is 74.7 Å². The molecule has 1 aromatic rings. The summed E-state index contributed by atoms with van der Waals surface area (Å²) in [4.78, 5) is 11.4. The average molecular weight is 345 g/mol. The Labute approximate surface area is 133 Å². The molecule has 126 valence electrons. The molecule has 1 aromatic carbocycles. The molecule has 3 rings (SSSR count). The Morgan fingerprint density at radius 2 is 1.87 bits per heavy atom. The van der Waals surface area contributed by atoms with Crippen LogP contribution in [0.4, 0.5) is 8.78 Å². The number of benzene rings is 1. The van der Waals surface area contributed by atoms with Gasteiger partial charge in [0.1, 0.15) is 5.54 Å². The number of rotatable bonds is 4. The molecule has 2 aliphatic rings. The highest BCUT2D eigenvalue weighted by Gasteiger charge is 2.57. The number of hydrogen-bond donors (Lipinski definition) is 1. The summed E-state index contributed by atoms with van der Waals surface area (Å²) in [5.74, 6) is -4.75. The first-order valence-corrected chi connectivity index (χ1v) is 8.77. The number of halogens is 2. The van der Waals surface area contributed by atoms with E-state index in [2.05, 4.69) is 0 Å². The third kappa shape index (κ3) is 2.53. The molecule has 1 saturated heterocycles. The van der Waals surface area contributed by atoms with Crippen molar-refractivity contribution in [1.82, 2.24) is 4.31 Å². The fourth-order valence-electron chi connectivity index (χ4n) is 3.11. The Balaban J connectivity index is 1.90. The predicted octanol–water partition coefficient (Wildman–Crippen LogP) is 2.44. The lowest BCUT2D eigenvalue weighted by Gasteiger charge is -2.30. The zero-order valence-electron chi connectivity index (χ0n) is 12.5. The number of alkyl halides is 2. The molecule has 1 aliphatic carbocycles. The number of carbonyl (C=O) groups is 1. The molecule has 0 bridgehead atoms. The Morgan fingerprint density at radius 3 is 2.35 bits per heavy atom. The highest BCUT2D eigenvalue weighted by Crippen LogP contribution is 2.55. The van der Waals surface area contributed by atoms with E-state index in [0.29, 0.717) is 12.0 Å². The molecule has 23 heavy (non-hydrogen) atoms. The summed E-state index contributed by atoms with van der Waals surface area (Å²) in [6, 6.07) is 5.32. The number of carboxylic acid groups (broad SMARTS) is 1. The van der Waals surface area contributed by atoms with Crippen molar-refractivity contribution in [3.8, 4) is 0 Å². The van der Waals surface area contributed by atoms with E-state index < -0.39 is 33.4 Å². The number of hydrogen-bond acceptors (Lipinski definition) is 3. The van der Waals surface area contributed by atoms with Gasteiger partial charge in [0.15, 0.2) is 0 Å². The van der Waals surface area contributed by atoms with Gasteiger partial charge in [-0.3, -0.25) is 4.79 Å². The summed E-state index contributed by atoms with van der Waals surface area (Å²) in [5, 5.41) is 9.35. The van der Waals surface area contributed by atoms with Crippen molar-refractivity contribution in [1.29, 1.82) is 0 Å². The summed E-state index contributed by atoms with van der Waals surface area (Å²) < 4.78 is 52.5. The van der Waals surface area contributed by atoms with E-state index in [4.69, 9.17) is 0 Å². The summed E-state index contributed by atoms with van der Waals surface area (Å²) in [5.41, 5.74) is -1.07. The van der Waals surface area contributed by atoms with Crippen molar-refractivity contribution in [2.24, 2.45) is 0 Å². The molecule has 2 fully saturated rings. The molecular weight excluding hydrogens is 328 g/mol. The first-order valence-electron chi connectivity index (χ1n) is 7.33. The van der Waals surface area contributed by atoms with Crippen molar-refractivity contribution in [2.45, 2.75) is 48.5 Å². The van der Waals surface area contributed by atoms with Crippen molar-refractivity contribution < 1.29 is 27.1 Å². The third-order valence-electron chi connectivity index (χ3n) is 4.73. The van der Waals surface area contributed by atoms with E-state index in [1.54, 1.807) is 0 Å². The second kappa shape index (κ2) is 4.98. The zero-order chi connectivity index (χ0) is 17.0. The second-order valence-electron chi connectivity index (χ2n) is 6.35. The maximum atomic E-state index is 13.1. The lowest BCUT2D eigenvalue weighted by molar-refractivity contribution is -0.146. The zero-order valence-corrected chi connectivity index (χ0v) is 13.3. The van der Waals surface area contributed by atoms with Crippen LogP contribution < -0.4 is 0 Å². The van der Waals surface area contributed by atoms with E-state index in [1.165, 1.54) is 31.2 Å². The molecule has 1 aliphatic heterocycles. The minimum atomic E-state index is -3.98. The highest BCUT2D eigenvalue weighted by molar-refractivity contribution is 7.89. The van der Waals surface area contributed by atoms with Crippen LogP contribution in [0.25, 0.3) is 0 Å². The fraction of sp³-hybridized carbons (Fsp3) is 0.533. The fourth-order valence-corrected chi connectivity index (χ4v) is 4.92. The van der Waals surface area contributed by atoms with E-state index >= 15 is 0 Å². The molecule has 0 spiro atoms. The van der Waals surface area contributed by atoms with E-state index in [-0.39, 0.29) is 24.3 Å². The molecule has 0 aromatic heterocycles. The summed E-state index contributed by atoms with van der Waals surface area (Å²) in [6.45, 7) is 1.52. The summed E-state index contributed by atoms with van der Waals surface area (Å²) in [7, 11) is -3.98. The quantitative estimate of drug-likeness (QED) is 0.909. The molecule has 0 amide bonds. The van der Waals surface area contributed by atoms with Crippen LogP contribution in [-0.4, -0.2) is 41.8 Å². The Morgan fingerprint density at radius 1 is 1.30 bits per heavy atom. The van der Waals surface area contributed by atoms with Crippen LogP contribution in [0.2, 0.25) is 0 Å². The Kier molecular flexibility index (Phi) is 3.53. The maximum absolute atomic E-state index is 13.1. The standard InChI is InChI=1S/C15H17F2NO4S/c1-14(13(19)20)7-2-8-18(14)23(21,22)11-5-3-10(4-6-11)12-9-15(12,16)17/h3-6,12H,2,7-9H2,1H3,(H,19,20)/t12?,14-/m1/s1. The van der Waals surface area contributed by atoms with Crippen LogP contribution >= 0.6 is 0 Å². The van der Waals surface area contributed by atoms with Crippen molar-refractivity contribution in [2.75, 3.05) is 6.54 Å². The molecule has 1 heterocycles. The minimum absolute atomic E-state index is 0.0698. The van der Waals surface area contributed by atoms with E-state index in [0.717, 1.165) is 4.31 Å². The lowest BCUT2D eigenvalue weighted by Crippen LogP contribution is -2.50. The molecule has 2 atom stereocenters. The first-order chi connectivity index (χ1) is 10.6. The molecule has 8 heteroatoms. The van der Waals surface area contributed by atoms with Gasteiger partial charge in [0, 0.05) is 13.0 Å². The van der Waals surface area contributed by atoms with Gasteiger partial charge in [-0.25, -0.2) is 17.2 Å². The summed E-state index contributed by atoms with van der Waals surface area (Å²) >= 11 is 0. The molecule has 1 unspecified atom stereocenters. The smallest absolute Gasteiger partial charge is 0.324 e. The van der Waals surface area contributed by atoms with Gasteiger partial charge in [0.2, 0.25) is 10.0 Å². The van der Waals surface area contributed by atoms with Gasteiger partial charge < -0.3 is 5.11 Å². The molecule has 5 nitrogen and oxygen atoms in total. The average Bonchev–Trinajstić information content (AvgIpc) is 2.92. The van der Waals surface area contributed by atoms with Crippen LogP contribution in [0, 0.1) is 0 Å². The van der Waals surface area contributed by atoms with Crippen LogP contribution in [0.15, 0.2) is 29.2 Å². The SMILES string of the molecule is C[C@]1(C(=O)O)CCCN1S(=O)(=O)c1ccc(C2CC2(F)F)cc1. The molecule has 1 saturated carbocycles. The Hall–Kier alpha value is -1.54. The van der Waals surface area contributed by atoms with Crippen LogP contribution in [0.5, 0.6) is 0 Å². The van der Waals surface area contributed by atoms with Gasteiger partial charge in [-0.15, -0.1) is 0 Å². The maximum Gasteiger partial charge on any atom is 0.324 e. The molecule has 0 radical (unpaired) electrons. The third-order valence-corrected chi connectivity index (χ3v) is 6.77. The predicted molar refractivity (Wildman–Crippen MR) is 77.9 cm³/mol.